The van der Waals surface area contributed by atoms with E-state index in [9.17, 15) is 18.0 Å². The van der Waals surface area contributed by atoms with E-state index in [4.69, 9.17) is 11.6 Å². The van der Waals surface area contributed by atoms with Crippen LogP contribution in [-0.2, 0) is 19.1 Å². The van der Waals surface area contributed by atoms with Crippen molar-refractivity contribution in [1.82, 2.24) is 9.78 Å². The summed E-state index contributed by atoms with van der Waals surface area (Å²) in [6.07, 6.45) is -3.52. The number of rotatable bonds is 2. The third-order valence-corrected chi connectivity index (χ3v) is 3.88. The van der Waals surface area contributed by atoms with Gasteiger partial charge in [0.25, 0.3) is 0 Å². The van der Waals surface area contributed by atoms with Crippen molar-refractivity contribution in [2.24, 2.45) is 0 Å². The molecule has 0 aliphatic heterocycles. The number of carbonyl (C=O) groups excluding carboxylic acids is 1. The lowest BCUT2D eigenvalue weighted by Gasteiger charge is -2.14. The van der Waals surface area contributed by atoms with E-state index in [0.29, 0.717) is 23.6 Å². The Morgan fingerprint density at radius 3 is 2.73 bits per heavy atom. The standard InChI is InChI=1S/C15H12ClF3N2O/c16-10-4-1-3-9(7-10)8-21-11-5-2-6-12(22)13(11)14(20-21)15(17,18)19/h1,3-4,7H,2,5-6,8H2. The first-order valence-corrected chi connectivity index (χ1v) is 7.18. The molecule has 1 aliphatic carbocycles. The summed E-state index contributed by atoms with van der Waals surface area (Å²) in [7, 11) is 0. The maximum Gasteiger partial charge on any atom is 0.435 e. The van der Waals surface area contributed by atoms with Crippen molar-refractivity contribution in [3.8, 4) is 0 Å². The van der Waals surface area contributed by atoms with Crippen molar-refractivity contribution < 1.29 is 18.0 Å². The van der Waals surface area contributed by atoms with Gasteiger partial charge in [0.15, 0.2) is 11.5 Å². The average molecular weight is 329 g/mol. The number of benzene rings is 1. The molecule has 1 aliphatic rings. The van der Waals surface area contributed by atoms with Crippen molar-refractivity contribution in [1.29, 1.82) is 0 Å². The third kappa shape index (κ3) is 2.75. The minimum Gasteiger partial charge on any atom is -0.294 e. The van der Waals surface area contributed by atoms with Gasteiger partial charge in [-0.15, -0.1) is 0 Å². The number of Topliss-reactive ketones (excluding diaryl/α,β-unsaturated/α-hetero) is 1. The monoisotopic (exact) mass is 328 g/mol. The van der Waals surface area contributed by atoms with E-state index in [-0.39, 0.29) is 18.5 Å². The van der Waals surface area contributed by atoms with E-state index < -0.39 is 17.7 Å². The Morgan fingerprint density at radius 2 is 2.05 bits per heavy atom. The Labute approximate surface area is 129 Å². The second-order valence-corrected chi connectivity index (χ2v) is 5.67. The summed E-state index contributed by atoms with van der Waals surface area (Å²) in [6, 6.07) is 6.85. The van der Waals surface area contributed by atoms with Crippen molar-refractivity contribution >= 4 is 17.4 Å². The van der Waals surface area contributed by atoms with Crippen molar-refractivity contribution in [3.63, 3.8) is 0 Å². The summed E-state index contributed by atoms with van der Waals surface area (Å²) >= 11 is 5.89. The van der Waals surface area contributed by atoms with Crippen LogP contribution in [-0.4, -0.2) is 15.6 Å². The van der Waals surface area contributed by atoms with Gasteiger partial charge in [-0.25, -0.2) is 0 Å². The molecular formula is C15H12ClF3N2O. The molecule has 0 amide bonds. The SMILES string of the molecule is O=C1CCCc2c1c(C(F)(F)F)nn2Cc1cccc(Cl)c1. The lowest BCUT2D eigenvalue weighted by Crippen LogP contribution is -2.16. The highest BCUT2D eigenvalue weighted by molar-refractivity contribution is 6.30. The van der Waals surface area contributed by atoms with Gasteiger partial charge >= 0.3 is 6.18 Å². The molecule has 0 saturated carbocycles. The highest BCUT2D eigenvalue weighted by Gasteiger charge is 2.42. The van der Waals surface area contributed by atoms with Gasteiger partial charge in [-0.05, 0) is 30.5 Å². The molecule has 3 rings (SSSR count). The molecule has 0 bridgehead atoms. The van der Waals surface area contributed by atoms with Crippen LogP contribution < -0.4 is 0 Å². The first-order valence-electron chi connectivity index (χ1n) is 6.81. The molecule has 1 heterocycles. The fraction of sp³-hybridized carbons (Fsp3) is 0.333. The molecule has 0 fully saturated rings. The number of hydrogen-bond donors (Lipinski definition) is 0. The van der Waals surface area contributed by atoms with Crippen LogP contribution in [0.2, 0.25) is 5.02 Å². The second-order valence-electron chi connectivity index (χ2n) is 5.23. The lowest BCUT2D eigenvalue weighted by molar-refractivity contribution is -0.141. The maximum atomic E-state index is 13.1. The van der Waals surface area contributed by atoms with Crippen LogP contribution in [0.25, 0.3) is 0 Å². The number of ketones is 1. The van der Waals surface area contributed by atoms with E-state index in [1.54, 1.807) is 24.3 Å². The Bertz CT molecular complexity index is 737. The fourth-order valence-electron chi connectivity index (χ4n) is 2.72. The molecule has 1 aromatic carbocycles. The summed E-state index contributed by atoms with van der Waals surface area (Å²) in [4.78, 5) is 11.9. The Hall–Kier alpha value is -1.82. The molecule has 0 N–H and O–H groups in total. The number of aromatic nitrogens is 2. The van der Waals surface area contributed by atoms with Gasteiger partial charge in [-0.1, -0.05) is 23.7 Å². The molecule has 0 spiro atoms. The number of halogens is 4. The van der Waals surface area contributed by atoms with Crippen LogP contribution in [0.1, 0.15) is 40.2 Å². The maximum absolute atomic E-state index is 13.1. The Morgan fingerprint density at radius 1 is 1.27 bits per heavy atom. The van der Waals surface area contributed by atoms with Gasteiger partial charge in [-0.3, -0.25) is 9.48 Å². The molecule has 0 saturated heterocycles. The van der Waals surface area contributed by atoms with Gasteiger partial charge in [0.1, 0.15) is 0 Å². The first kappa shape index (κ1) is 15.1. The minimum atomic E-state index is -4.63. The molecule has 0 atom stereocenters. The van der Waals surface area contributed by atoms with Crippen LogP contribution in [0.5, 0.6) is 0 Å². The molecule has 2 aromatic rings. The predicted octanol–water partition coefficient (Wildman–Crippen LogP) is 4.12. The van der Waals surface area contributed by atoms with Crippen molar-refractivity contribution in [2.45, 2.75) is 32.0 Å². The fourth-order valence-corrected chi connectivity index (χ4v) is 2.94. The van der Waals surface area contributed by atoms with Crippen molar-refractivity contribution in [2.75, 3.05) is 0 Å². The third-order valence-electron chi connectivity index (χ3n) is 3.64. The van der Waals surface area contributed by atoms with E-state index in [2.05, 4.69) is 5.10 Å². The summed E-state index contributed by atoms with van der Waals surface area (Å²) in [5.41, 5.74) is -0.233. The van der Waals surface area contributed by atoms with E-state index in [0.717, 1.165) is 5.56 Å². The van der Waals surface area contributed by atoms with Crippen LogP contribution in [0, 0.1) is 0 Å². The first-order chi connectivity index (χ1) is 10.4. The van der Waals surface area contributed by atoms with Crippen LogP contribution in [0.3, 0.4) is 0 Å². The average Bonchev–Trinajstić information content (AvgIpc) is 2.79. The van der Waals surface area contributed by atoms with Crippen LogP contribution >= 0.6 is 11.6 Å². The number of carbonyl (C=O) groups is 1. The summed E-state index contributed by atoms with van der Waals surface area (Å²) in [5.74, 6) is -0.481. The topological polar surface area (TPSA) is 34.9 Å². The predicted molar refractivity (Wildman–Crippen MR) is 75.1 cm³/mol. The van der Waals surface area contributed by atoms with Crippen LogP contribution in [0.4, 0.5) is 13.2 Å². The van der Waals surface area contributed by atoms with Gasteiger partial charge in [-0.2, -0.15) is 18.3 Å². The largest absolute Gasteiger partial charge is 0.435 e. The molecule has 116 valence electrons. The Kier molecular flexibility index (Phi) is 3.72. The van der Waals surface area contributed by atoms with Gasteiger partial charge in [0.2, 0.25) is 0 Å². The molecule has 1 aromatic heterocycles. The van der Waals surface area contributed by atoms with Crippen LogP contribution in [0.15, 0.2) is 24.3 Å². The lowest BCUT2D eigenvalue weighted by atomic mass is 9.94. The molecule has 3 nitrogen and oxygen atoms in total. The van der Waals surface area contributed by atoms with E-state index >= 15 is 0 Å². The molecule has 22 heavy (non-hydrogen) atoms. The normalized spacial score (nSPS) is 15.0. The van der Waals surface area contributed by atoms with Gasteiger partial charge in [0.05, 0.1) is 17.8 Å². The van der Waals surface area contributed by atoms with E-state index in [1.807, 2.05) is 0 Å². The molecule has 0 unspecified atom stereocenters. The zero-order valence-corrected chi connectivity index (χ0v) is 12.2. The highest BCUT2D eigenvalue weighted by atomic mass is 35.5. The zero-order valence-electron chi connectivity index (χ0n) is 11.5. The summed E-state index contributed by atoms with van der Waals surface area (Å²) < 4.78 is 40.6. The number of hydrogen-bond acceptors (Lipinski definition) is 2. The smallest absolute Gasteiger partial charge is 0.294 e. The summed E-state index contributed by atoms with van der Waals surface area (Å²) in [5, 5.41) is 4.17. The quantitative estimate of drug-likeness (QED) is 0.831. The molecular weight excluding hydrogens is 317 g/mol. The number of alkyl halides is 3. The highest BCUT2D eigenvalue weighted by Crippen LogP contribution is 2.36. The van der Waals surface area contributed by atoms with Gasteiger partial charge in [0, 0.05) is 11.4 Å². The van der Waals surface area contributed by atoms with Gasteiger partial charge < -0.3 is 0 Å². The number of fused-ring (bicyclic) bond motifs is 1. The zero-order chi connectivity index (χ0) is 15.9. The summed E-state index contributed by atoms with van der Waals surface area (Å²) in [6.45, 7) is 0.159. The van der Waals surface area contributed by atoms with E-state index in [1.165, 1.54) is 4.68 Å². The Balaban J connectivity index is 2.07. The molecule has 0 radical (unpaired) electrons. The second kappa shape index (κ2) is 5.43. The van der Waals surface area contributed by atoms with Crippen molar-refractivity contribution in [3.05, 3.63) is 51.8 Å². The minimum absolute atomic E-state index is 0.138. The number of nitrogens with zero attached hydrogens (tertiary/aromatic N) is 2. The molecule has 7 heteroatoms.